The fourth-order valence-electron chi connectivity index (χ4n) is 1.07. The summed E-state index contributed by atoms with van der Waals surface area (Å²) < 4.78 is 4.49. The summed E-state index contributed by atoms with van der Waals surface area (Å²) in [6.07, 6.45) is 0.952. The van der Waals surface area contributed by atoms with Crippen molar-refractivity contribution in [2.45, 2.75) is 13.3 Å². The molecule has 0 unspecified atom stereocenters. The highest BCUT2D eigenvalue weighted by atomic mass is 32.2. The van der Waals surface area contributed by atoms with Gasteiger partial charge in [0.1, 0.15) is 0 Å². The third-order valence-electron chi connectivity index (χ3n) is 1.97. The maximum Gasteiger partial charge on any atom is 0.315 e. The highest BCUT2D eigenvalue weighted by Crippen LogP contribution is 2.19. The van der Waals surface area contributed by atoms with E-state index in [2.05, 4.69) is 11.7 Å². The molecule has 0 saturated carbocycles. The first-order valence-electron chi connectivity index (χ1n) is 4.93. The Labute approximate surface area is 103 Å². The number of hydrogen-bond acceptors (Lipinski definition) is 5. The molecule has 0 atom stereocenters. The summed E-state index contributed by atoms with van der Waals surface area (Å²) in [5, 5.41) is 0. The van der Waals surface area contributed by atoms with Gasteiger partial charge in [0, 0.05) is 4.88 Å². The van der Waals surface area contributed by atoms with Crippen molar-refractivity contribution in [2.24, 2.45) is 0 Å². The number of carbonyl (C=O) groups is 2. The number of ketones is 1. The van der Waals surface area contributed by atoms with Crippen LogP contribution in [0.4, 0.5) is 0 Å². The average molecular weight is 258 g/mol. The van der Waals surface area contributed by atoms with Gasteiger partial charge in [-0.25, -0.2) is 0 Å². The molecule has 1 aromatic heterocycles. The van der Waals surface area contributed by atoms with Crippen molar-refractivity contribution in [1.82, 2.24) is 0 Å². The first-order valence-corrected chi connectivity index (χ1v) is 6.91. The number of esters is 1. The Bertz CT molecular complexity index is 371. The van der Waals surface area contributed by atoms with E-state index >= 15 is 0 Å². The molecule has 1 aromatic rings. The lowest BCUT2D eigenvalue weighted by Crippen LogP contribution is -2.07. The highest BCUT2D eigenvalue weighted by molar-refractivity contribution is 8.00. The SMILES string of the molecule is CCc1ccc(C(=O)CSCC(=O)OC)s1. The van der Waals surface area contributed by atoms with Crippen LogP contribution in [0.15, 0.2) is 12.1 Å². The number of carbonyl (C=O) groups excluding carboxylic acids is 2. The van der Waals surface area contributed by atoms with Crippen LogP contribution in [0.5, 0.6) is 0 Å². The van der Waals surface area contributed by atoms with Gasteiger partial charge in [0.2, 0.25) is 0 Å². The third kappa shape index (κ3) is 3.98. The van der Waals surface area contributed by atoms with Gasteiger partial charge in [0.25, 0.3) is 0 Å². The van der Waals surface area contributed by atoms with Gasteiger partial charge in [0.05, 0.1) is 23.5 Å². The molecule has 3 nitrogen and oxygen atoms in total. The van der Waals surface area contributed by atoms with Crippen LogP contribution in [-0.2, 0) is 16.0 Å². The predicted molar refractivity (Wildman–Crippen MR) is 67.4 cm³/mol. The largest absolute Gasteiger partial charge is 0.468 e. The molecule has 0 spiro atoms. The molecule has 5 heteroatoms. The van der Waals surface area contributed by atoms with Crippen LogP contribution in [0, 0.1) is 0 Å². The zero-order valence-electron chi connectivity index (χ0n) is 9.32. The van der Waals surface area contributed by atoms with Gasteiger partial charge in [-0.3, -0.25) is 9.59 Å². The van der Waals surface area contributed by atoms with E-state index in [1.54, 1.807) is 0 Å². The minimum atomic E-state index is -0.293. The van der Waals surface area contributed by atoms with E-state index in [1.165, 1.54) is 35.1 Å². The smallest absolute Gasteiger partial charge is 0.315 e. The Hall–Kier alpha value is -0.810. The Morgan fingerprint density at radius 3 is 2.69 bits per heavy atom. The zero-order chi connectivity index (χ0) is 12.0. The van der Waals surface area contributed by atoms with Crippen LogP contribution in [-0.4, -0.2) is 30.4 Å². The average Bonchev–Trinajstić information content (AvgIpc) is 2.77. The van der Waals surface area contributed by atoms with Crippen molar-refractivity contribution < 1.29 is 14.3 Å². The first-order chi connectivity index (χ1) is 7.67. The Morgan fingerprint density at radius 1 is 1.38 bits per heavy atom. The van der Waals surface area contributed by atoms with Crippen LogP contribution >= 0.6 is 23.1 Å². The second-order valence-electron chi connectivity index (χ2n) is 3.11. The van der Waals surface area contributed by atoms with Gasteiger partial charge in [-0.1, -0.05) is 6.92 Å². The third-order valence-corrected chi connectivity index (χ3v) is 4.14. The summed E-state index contributed by atoms with van der Waals surface area (Å²) in [7, 11) is 1.34. The van der Waals surface area contributed by atoms with E-state index in [0.29, 0.717) is 5.75 Å². The number of thiophene rings is 1. The van der Waals surface area contributed by atoms with Gasteiger partial charge in [-0.2, -0.15) is 0 Å². The quantitative estimate of drug-likeness (QED) is 0.580. The van der Waals surface area contributed by atoms with Crippen molar-refractivity contribution >= 4 is 34.9 Å². The summed E-state index contributed by atoms with van der Waals surface area (Å²) in [4.78, 5) is 24.5. The maximum atomic E-state index is 11.7. The monoisotopic (exact) mass is 258 g/mol. The van der Waals surface area contributed by atoms with Crippen LogP contribution in [0.3, 0.4) is 0 Å². The van der Waals surface area contributed by atoms with E-state index < -0.39 is 0 Å². The number of thioether (sulfide) groups is 1. The maximum absolute atomic E-state index is 11.7. The van der Waals surface area contributed by atoms with Crippen LogP contribution in [0.2, 0.25) is 0 Å². The summed E-state index contributed by atoms with van der Waals surface area (Å²) in [6, 6.07) is 3.83. The number of Topliss-reactive ketones (excluding diaryl/α,β-unsaturated/α-hetero) is 1. The van der Waals surface area contributed by atoms with Crippen LogP contribution < -0.4 is 0 Å². The van der Waals surface area contributed by atoms with E-state index in [-0.39, 0.29) is 17.5 Å². The van der Waals surface area contributed by atoms with E-state index in [0.717, 1.165) is 11.3 Å². The zero-order valence-corrected chi connectivity index (χ0v) is 11.0. The summed E-state index contributed by atoms with van der Waals surface area (Å²) in [6.45, 7) is 2.06. The molecule has 0 aliphatic rings. The summed E-state index contributed by atoms with van der Waals surface area (Å²) in [5.74, 6) is 0.351. The van der Waals surface area contributed by atoms with Crippen molar-refractivity contribution in [3.8, 4) is 0 Å². The highest BCUT2D eigenvalue weighted by Gasteiger charge is 2.10. The molecule has 0 radical (unpaired) electrons. The Balaban J connectivity index is 2.38. The minimum absolute atomic E-state index is 0.0820. The van der Waals surface area contributed by atoms with Gasteiger partial charge in [-0.05, 0) is 18.6 Å². The minimum Gasteiger partial charge on any atom is -0.468 e. The van der Waals surface area contributed by atoms with E-state index in [4.69, 9.17) is 0 Å². The fourth-order valence-corrected chi connectivity index (χ4v) is 2.78. The molecule has 1 heterocycles. The molecule has 0 amide bonds. The van der Waals surface area contributed by atoms with E-state index in [9.17, 15) is 9.59 Å². The van der Waals surface area contributed by atoms with Crippen LogP contribution in [0.1, 0.15) is 21.5 Å². The Morgan fingerprint density at radius 2 is 2.12 bits per heavy atom. The standard InChI is InChI=1S/C11H14O3S2/c1-3-8-4-5-10(16-8)9(12)6-15-7-11(13)14-2/h4-5H,3,6-7H2,1-2H3. The topological polar surface area (TPSA) is 43.4 Å². The van der Waals surface area contributed by atoms with Gasteiger partial charge in [0.15, 0.2) is 5.78 Å². The van der Waals surface area contributed by atoms with Crippen molar-refractivity contribution in [3.05, 3.63) is 21.9 Å². The number of methoxy groups -OCH3 is 1. The molecular formula is C11H14O3S2. The molecule has 0 aliphatic heterocycles. The van der Waals surface area contributed by atoms with Crippen LogP contribution in [0.25, 0.3) is 0 Å². The second-order valence-corrected chi connectivity index (χ2v) is 5.27. The molecule has 0 fully saturated rings. The molecule has 16 heavy (non-hydrogen) atoms. The van der Waals surface area contributed by atoms with Gasteiger partial charge >= 0.3 is 5.97 Å². The molecule has 0 aromatic carbocycles. The number of rotatable bonds is 6. The molecule has 0 saturated heterocycles. The molecule has 88 valence electrons. The predicted octanol–water partition coefficient (Wildman–Crippen LogP) is 2.40. The van der Waals surface area contributed by atoms with E-state index in [1.807, 2.05) is 12.1 Å². The Kier molecular flexibility index (Phi) is 5.55. The normalized spacial score (nSPS) is 10.1. The van der Waals surface area contributed by atoms with Gasteiger partial charge in [-0.15, -0.1) is 23.1 Å². The van der Waals surface area contributed by atoms with Crippen molar-refractivity contribution in [2.75, 3.05) is 18.6 Å². The molecular weight excluding hydrogens is 244 g/mol. The lowest BCUT2D eigenvalue weighted by Gasteiger charge is -1.98. The molecule has 0 bridgehead atoms. The number of aryl methyl sites for hydroxylation is 1. The number of hydrogen-bond donors (Lipinski definition) is 0. The fraction of sp³-hybridized carbons (Fsp3) is 0.455. The molecule has 0 N–H and O–H groups in total. The molecule has 0 aliphatic carbocycles. The summed E-state index contributed by atoms with van der Waals surface area (Å²) in [5.41, 5.74) is 0. The van der Waals surface area contributed by atoms with Gasteiger partial charge < -0.3 is 4.74 Å². The second kappa shape index (κ2) is 6.70. The number of ether oxygens (including phenoxy) is 1. The first kappa shape index (κ1) is 13.3. The molecule has 1 rings (SSSR count). The summed E-state index contributed by atoms with van der Waals surface area (Å²) >= 11 is 2.81. The lowest BCUT2D eigenvalue weighted by atomic mass is 10.3. The lowest BCUT2D eigenvalue weighted by molar-refractivity contribution is -0.137. The van der Waals surface area contributed by atoms with Crippen molar-refractivity contribution in [3.63, 3.8) is 0 Å². The van der Waals surface area contributed by atoms with Crippen molar-refractivity contribution in [1.29, 1.82) is 0 Å².